The molecule has 0 heterocycles. The van der Waals surface area contributed by atoms with Gasteiger partial charge in [-0.25, -0.2) is 4.39 Å². The average molecular weight is 411 g/mol. The lowest BCUT2D eigenvalue weighted by atomic mass is 9.89. The summed E-state index contributed by atoms with van der Waals surface area (Å²) in [6, 6.07) is 6.77. The highest BCUT2D eigenvalue weighted by Gasteiger charge is 2.46. The predicted octanol–water partition coefficient (Wildman–Crippen LogP) is 7.59. The van der Waals surface area contributed by atoms with Crippen molar-refractivity contribution in [2.75, 3.05) is 0 Å². The van der Waals surface area contributed by atoms with E-state index in [1.54, 1.807) is 12.1 Å². The molecule has 1 aromatic carbocycles. The Morgan fingerprint density at radius 3 is 1.79 bits per heavy atom. The summed E-state index contributed by atoms with van der Waals surface area (Å²) in [6.07, 6.45) is 7.72. The van der Waals surface area contributed by atoms with E-state index in [1.807, 2.05) is 47.6 Å². The summed E-state index contributed by atoms with van der Waals surface area (Å²) < 4.78 is 33.1. The number of hydrogen-bond acceptors (Lipinski definition) is 3. The molecule has 0 spiro atoms. The molecule has 0 aromatic heterocycles. The van der Waals surface area contributed by atoms with Crippen LogP contribution in [0.1, 0.15) is 105 Å². The van der Waals surface area contributed by atoms with Gasteiger partial charge >= 0.3 is 0 Å². The van der Waals surface area contributed by atoms with Crippen LogP contribution in [0.2, 0.25) is 0 Å². The van der Waals surface area contributed by atoms with E-state index in [9.17, 15) is 4.39 Å². The van der Waals surface area contributed by atoms with Crippen LogP contribution in [-0.4, -0.2) is 24.3 Å². The van der Waals surface area contributed by atoms with Crippen LogP contribution in [0.3, 0.4) is 0 Å². The zero-order chi connectivity index (χ0) is 21.9. The SMILES string of the molecule is CCCCCCCCC(c1cccc(F)c1)C(OC(C)C)(OC(C)C)OC(C)C. The van der Waals surface area contributed by atoms with Gasteiger partial charge in [0.2, 0.25) is 0 Å². The molecule has 168 valence electrons. The molecule has 0 N–H and O–H groups in total. The van der Waals surface area contributed by atoms with Crippen molar-refractivity contribution >= 4 is 0 Å². The molecule has 1 atom stereocenters. The Kier molecular flexibility index (Phi) is 12.0. The predicted molar refractivity (Wildman–Crippen MR) is 119 cm³/mol. The van der Waals surface area contributed by atoms with Gasteiger partial charge in [-0.15, -0.1) is 0 Å². The Labute approximate surface area is 178 Å². The van der Waals surface area contributed by atoms with E-state index in [1.165, 1.54) is 31.7 Å². The first-order valence-corrected chi connectivity index (χ1v) is 11.5. The van der Waals surface area contributed by atoms with E-state index >= 15 is 0 Å². The first-order valence-electron chi connectivity index (χ1n) is 11.5. The summed E-state index contributed by atoms with van der Waals surface area (Å²) in [5.74, 6) is -1.70. The van der Waals surface area contributed by atoms with Crippen LogP contribution in [0.4, 0.5) is 4.39 Å². The maximum absolute atomic E-state index is 14.1. The molecule has 0 radical (unpaired) electrons. The molecule has 0 amide bonds. The molecular formula is C25H43FO3. The highest BCUT2D eigenvalue weighted by atomic mass is 19.1. The van der Waals surface area contributed by atoms with Crippen LogP contribution >= 0.6 is 0 Å². The van der Waals surface area contributed by atoms with E-state index in [0.717, 1.165) is 24.8 Å². The molecule has 29 heavy (non-hydrogen) atoms. The molecule has 1 unspecified atom stereocenters. The lowest BCUT2D eigenvalue weighted by molar-refractivity contribution is -0.420. The van der Waals surface area contributed by atoms with Gasteiger partial charge in [-0.2, -0.15) is 0 Å². The molecule has 1 rings (SSSR count). The second kappa shape index (κ2) is 13.4. The zero-order valence-electron chi connectivity index (χ0n) is 19.7. The molecule has 0 bridgehead atoms. The topological polar surface area (TPSA) is 27.7 Å². The minimum atomic E-state index is -1.24. The number of halogens is 1. The van der Waals surface area contributed by atoms with Gasteiger partial charge < -0.3 is 14.2 Å². The van der Waals surface area contributed by atoms with E-state index < -0.39 is 5.97 Å². The molecule has 0 aliphatic carbocycles. The molecule has 3 nitrogen and oxygen atoms in total. The lowest BCUT2D eigenvalue weighted by Crippen LogP contribution is -2.49. The van der Waals surface area contributed by atoms with Crippen LogP contribution in [0, 0.1) is 5.82 Å². The third-order valence-corrected chi connectivity index (χ3v) is 4.72. The second-order valence-corrected chi connectivity index (χ2v) is 8.77. The monoisotopic (exact) mass is 410 g/mol. The summed E-state index contributed by atoms with van der Waals surface area (Å²) in [6.45, 7) is 14.1. The van der Waals surface area contributed by atoms with E-state index in [4.69, 9.17) is 14.2 Å². The fourth-order valence-corrected chi connectivity index (χ4v) is 3.72. The van der Waals surface area contributed by atoms with Crippen LogP contribution in [0.5, 0.6) is 0 Å². The Morgan fingerprint density at radius 1 is 0.793 bits per heavy atom. The van der Waals surface area contributed by atoms with Crippen LogP contribution in [0.25, 0.3) is 0 Å². The maximum atomic E-state index is 14.1. The van der Waals surface area contributed by atoms with Gasteiger partial charge in [-0.05, 0) is 65.7 Å². The number of hydrogen-bond donors (Lipinski definition) is 0. The molecule has 0 saturated heterocycles. The molecule has 0 fully saturated rings. The van der Waals surface area contributed by atoms with Crippen molar-refractivity contribution in [3.05, 3.63) is 35.6 Å². The number of unbranched alkanes of at least 4 members (excludes halogenated alkanes) is 5. The summed E-state index contributed by atoms with van der Waals surface area (Å²) in [7, 11) is 0. The van der Waals surface area contributed by atoms with Gasteiger partial charge in [0.15, 0.2) is 0 Å². The van der Waals surface area contributed by atoms with E-state index in [2.05, 4.69) is 6.92 Å². The summed E-state index contributed by atoms with van der Waals surface area (Å²) in [4.78, 5) is 0. The summed E-state index contributed by atoms with van der Waals surface area (Å²) >= 11 is 0. The van der Waals surface area contributed by atoms with Crippen molar-refractivity contribution in [2.45, 2.75) is 124 Å². The minimum absolute atomic E-state index is 0.0897. The quantitative estimate of drug-likeness (QED) is 0.220. The summed E-state index contributed by atoms with van der Waals surface area (Å²) in [5.41, 5.74) is 0.862. The van der Waals surface area contributed by atoms with Gasteiger partial charge in [-0.1, -0.05) is 57.6 Å². The fraction of sp³-hybridized carbons (Fsp3) is 0.760. The molecule has 1 aromatic rings. The number of rotatable bonds is 15. The van der Waals surface area contributed by atoms with Gasteiger partial charge in [0, 0.05) is 0 Å². The Balaban J connectivity index is 3.21. The van der Waals surface area contributed by atoms with E-state index in [0.29, 0.717) is 0 Å². The van der Waals surface area contributed by atoms with Crippen molar-refractivity contribution in [1.29, 1.82) is 0 Å². The fourth-order valence-electron chi connectivity index (χ4n) is 3.72. The minimum Gasteiger partial charge on any atom is -0.324 e. The third kappa shape index (κ3) is 9.59. The van der Waals surface area contributed by atoms with Gasteiger partial charge in [0.1, 0.15) is 5.82 Å². The zero-order valence-corrected chi connectivity index (χ0v) is 19.7. The Morgan fingerprint density at radius 2 is 1.31 bits per heavy atom. The van der Waals surface area contributed by atoms with Gasteiger partial charge in [0.05, 0.1) is 24.2 Å². The van der Waals surface area contributed by atoms with Crippen molar-refractivity contribution in [3.8, 4) is 0 Å². The Bertz CT molecular complexity index is 530. The van der Waals surface area contributed by atoms with E-state index in [-0.39, 0.29) is 30.0 Å². The van der Waals surface area contributed by atoms with Crippen molar-refractivity contribution in [3.63, 3.8) is 0 Å². The van der Waals surface area contributed by atoms with Gasteiger partial charge in [0.25, 0.3) is 5.97 Å². The van der Waals surface area contributed by atoms with Crippen molar-refractivity contribution in [1.82, 2.24) is 0 Å². The first kappa shape index (κ1) is 26.1. The van der Waals surface area contributed by atoms with Crippen molar-refractivity contribution < 1.29 is 18.6 Å². The maximum Gasteiger partial charge on any atom is 0.290 e. The number of ether oxygens (including phenoxy) is 3. The van der Waals surface area contributed by atoms with Crippen LogP contribution in [0.15, 0.2) is 24.3 Å². The Hall–Kier alpha value is -0.970. The molecule has 0 saturated carbocycles. The average Bonchev–Trinajstić information content (AvgIpc) is 2.59. The van der Waals surface area contributed by atoms with Crippen LogP contribution < -0.4 is 0 Å². The molecule has 4 heteroatoms. The smallest absolute Gasteiger partial charge is 0.290 e. The first-order chi connectivity index (χ1) is 13.7. The normalized spacial score (nSPS) is 13.6. The lowest BCUT2D eigenvalue weighted by Gasteiger charge is -2.43. The van der Waals surface area contributed by atoms with Gasteiger partial charge in [-0.3, -0.25) is 0 Å². The second-order valence-electron chi connectivity index (χ2n) is 8.77. The molecule has 0 aliphatic heterocycles. The van der Waals surface area contributed by atoms with Crippen LogP contribution in [-0.2, 0) is 14.2 Å². The standard InChI is InChI=1S/C25H43FO3/c1-8-9-10-11-12-13-17-24(22-15-14-16-23(26)18-22)25(27-19(2)3,28-20(4)5)29-21(6)7/h14-16,18-21,24H,8-13,17H2,1-7H3. The largest absolute Gasteiger partial charge is 0.324 e. The molecular weight excluding hydrogens is 367 g/mol. The van der Waals surface area contributed by atoms with Crippen molar-refractivity contribution in [2.24, 2.45) is 0 Å². The third-order valence-electron chi connectivity index (χ3n) is 4.72. The number of benzene rings is 1. The summed E-state index contributed by atoms with van der Waals surface area (Å²) in [5, 5.41) is 0. The molecule has 0 aliphatic rings. The highest BCUT2D eigenvalue weighted by Crippen LogP contribution is 2.41. The highest BCUT2D eigenvalue weighted by molar-refractivity contribution is 5.22.